The van der Waals surface area contributed by atoms with Crippen LogP contribution in [-0.2, 0) is 20.9 Å². The van der Waals surface area contributed by atoms with Crippen LogP contribution in [0.4, 0.5) is 0 Å². The molecule has 0 amide bonds. The van der Waals surface area contributed by atoms with Crippen LogP contribution in [0.15, 0.2) is 60.7 Å². The average molecular weight is 398 g/mol. The molecule has 0 bridgehead atoms. The number of carboxylic acids is 1. The van der Waals surface area contributed by atoms with Crippen LogP contribution in [0.25, 0.3) is 0 Å². The first-order valence-corrected chi connectivity index (χ1v) is 9.77. The van der Waals surface area contributed by atoms with Gasteiger partial charge < -0.3 is 19.7 Å². The highest BCUT2D eigenvalue weighted by Crippen LogP contribution is 2.32. The molecule has 0 saturated carbocycles. The second-order valence-corrected chi connectivity index (χ2v) is 7.31. The van der Waals surface area contributed by atoms with Gasteiger partial charge in [-0.15, -0.1) is 0 Å². The highest BCUT2D eigenvalue weighted by molar-refractivity contribution is 5.95. The number of aliphatic carboxylic acids is 1. The largest absolute Gasteiger partial charge is 0.479 e. The number of aliphatic hydroxyl groups is 1. The maximum absolute atomic E-state index is 12.0. The highest BCUT2D eigenvalue weighted by atomic mass is 16.7. The predicted molar refractivity (Wildman–Crippen MR) is 107 cm³/mol. The van der Waals surface area contributed by atoms with Gasteiger partial charge in [0.05, 0.1) is 6.61 Å². The van der Waals surface area contributed by atoms with Crippen molar-refractivity contribution in [2.75, 3.05) is 0 Å². The quantitative estimate of drug-likeness (QED) is 0.652. The zero-order valence-electron chi connectivity index (χ0n) is 16.4. The van der Waals surface area contributed by atoms with E-state index >= 15 is 0 Å². The van der Waals surface area contributed by atoms with Gasteiger partial charge in [0, 0.05) is 17.4 Å². The van der Waals surface area contributed by atoms with Crippen LogP contribution in [0, 0.1) is 11.8 Å². The number of benzene rings is 1. The SMILES string of the molecule is CC=C[C@H]1C=CC(=O)[C@@H]1CC=CCCC(O)(C(=O)O)C1OCc2ccccc2O1. The molecule has 2 unspecified atom stereocenters. The molecule has 0 spiro atoms. The number of rotatable bonds is 8. The third-order valence-electron chi connectivity index (χ3n) is 5.33. The van der Waals surface area contributed by atoms with Gasteiger partial charge in [-0.1, -0.05) is 48.6 Å². The Kier molecular flexibility index (Phi) is 6.67. The van der Waals surface area contributed by atoms with Crippen molar-refractivity contribution in [1.82, 2.24) is 0 Å². The van der Waals surface area contributed by atoms with Crippen LogP contribution in [0.3, 0.4) is 0 Å². The molecule has 0 fully saturated rings. The molecule has 6 nitrogen and oxygen atoms in total. The van der Waals surface area contributed by atoms with E-state index in [1.165, 1.54) is 0 Å². The topological polar surface area (TPSA) is 93.1 Å². The Hall–Kier alpha value is -2.70. The number of allylic oxidation sites excluding steroid dienone is 6. The summed E-state index contributed by atoms with van der Waals surface area (Å²) >= 11 is 0. The van der Waals surface area contributed by atoms with Crippen molar-refractivity contribution >= 4 is 11.8 Å². The van der Waals surface area contributed by atoms with Crippen molar-refractivity contribution in [2.24, 2.45) is 11.8 Å². The van der Waals surface area contributed by atoms with Crippen molar-refractivity contribution in [3.05, 3.63) is 66.3 Å². The van der Waals surface area contributed by atoms with Crippen LogP contribution in [-0.4, -0.2) is 33.9 Å². The van der Waals surface area contributed by atoms with Crippen molar-refractivity contribution in [3.63, 3.8) is 0 Å². The lowest BCUT2D eigenvalue weighted by Gasteiger charge is -2.35. The number of carboxylic acid groups (broad SMARTS) is 1. The standard InChI is InChI=1S/C23H26O6/c1-2-8-16-12-13-19(24)18(16)10-4-3-7-14-23(27,21(25)26)22-28-15-17-9-5-6-11-20(17)29-22/h2-6,8-9,11-13,16,18,22,27H,7,10,14-15H2,1H3,(H,25,26)/t16-,18+,22?,23?/m0/s1. The minimum absolute atomic E-state index is 0.0686. The lowest BCUT2D eigenvalue weighted by Crippen LogP contribution is -2.54. The zero-order valence-corrected chi connectivity index (χ0v) is 16.4. The molecule has 1 aliphatic heterocycles. The summed E-state index contributed by atoms with van der Waals surface area (Å²) in [4.78, 5) is 23.7. The zero-order chi connectivity index (χ0) is 20.9. The van der Waals surface area contributed by atoms with E-state index in [1.807, 2.05) is 43.4 Å². The fraction of sp³-hybridized carbons (Fsp3) is 0.391. The number of ketones is 1. The maximum atomic E-state index is 12.0. The molecule has 4 atom stereocenters. The molecule has 3 rings (SSSR count). The van der Waals surface area contributed by atoms with Gasteiger partial charge in [0.2, 0.25) is 11.9 Å². The van der Waals surface area contributed by atoms with Gasteiger partial charge in [0.25, 0.3) is 0 Å². The second kappa shape index (κ2) is 9.20. The molecule has 6 heteroatoms. The van der Waals surface area contributed by atoms with Crippen molar-refractivity contribution in [1.29, 1.82) is 0 Å². The van der Waals surface area contributed by atoms with Crippen LogP contribution in [0.1, 0.15) is 31.7 Å². The lowest BCUT2D eigenvalue weighted by molar-refractivity contribution is -0.226. The summed E-state index contributed by atoms with van der Waals surface area (Å²) in [6, 6.07) is 7.17. The van der Waals surface area contributed by atoms with Gasteiger partial charge in [-0.25, -0.2) is 4.79 Å². The van der Waals surface area contributed by atoms with Gasteiger partial charge >= 0.3 is 5.97 Å². The third kappa shape index (κ3) is 4.66. The van der Waals surface area contributed by atoms with Crippen molar-refractivity contribution in [2.45, 2.75) is 44.7 Å². The Labute approximate surface area is 170 Å². The molecule has 2 N–H and O–H groups in total. The summed E-state index contributed by atoms with van der Waals surface area (Å²) in [5, 5.41) is 20.3. The Morgan fingerprint density at radius 1 is 1.31 bits per heavy atom. The fourth-order valence-electron chi connectivity index (χ4n) is 3.62. The second-order valence-electron chi connectivity index (χ2n) is 7.31. The number of carbonyl (C=O) groups excluding carboxylic acids is 1. The third-order valence-corrected chi connectivity index (χ3v) is 5.33. The summed E-state index contributed by atoms with van der Waals surface area (Å²) in [5.74, 6) is -0.804. The molecule has 1 aromatic rings. The average Bonchev–Trinajstić information content (AvgIpc) is 3.06. The first-order valence-electron chi connectivity index (χ1n) is 9.77. The van der Waals surface area contributed by atoms with E-state index in [4.69, 9.17) is 9.47 Å². The van der Waals surface area contributed by atoms with E-state index in [9.17, 15) is 19.8 Å². The Morgan fingerprint density at radius 3 is 2.86 bits per heavy atom. The molecule has 0 saturated heterocycles. The summed E-state index contributed by atoms with van der Waals surface area (Å²) in [7, 11) is 0. The number of carbonyl (C=O) groups is 2. The van der Waals surface area contributed by atoms with E-state index in [0.29, 0.717) is 18.6 Å². The first-order chi connectivity index (χ1) is 14.0. The monoisotopic (exact) mass is 398 g/mol. The molecule has 0 radical (unpaired) electrons. The molecule has 2 aliphatic rings. The number of ether oxygens (including phenoxy) is 2. The van der Waals surface area contributed by atoms with Gasteiger partial charge in [-0.2, -0.15) is 0 Å². The highest BCUT2D eigenvalue weighted by Gasteiger charge is 2.48. The number of hydrogen-bond acceptors (Lipinski definition) is 5. The Bertz CT molecular complexity index is 840. The molecule has 154 valence electrons. The van der Waals surface area contributed by atoms with Gasteiger partial charge in [0.15, 0.2) is 5.78 Å². The summed E-state index contributed by atoms with van der Waals surface area (Å²) in [6.07, 6.45) is 10.6. The summed E-state index contributed by atoms with van der Waals surface area (Å²) in [5.41, 5.74) is -1.36. The number of hydrogen-bond donors (Lipinski definition) is 2. The number of para-hydroxylation sites is 1. The van der Waals surface area contributed by atoms with Gasteiger partial charge in [-0.05, 0) is 38.3 Å². The molecular formula is C23H26O6. The molecule has 1 aliphatic carbocycles. The Balaban J connectivity index is 1.58. The van der Waals surface area contributed by atoms with Crippen molar-refractivity contribution in [3.8, 4) is 5.75 Å². The van der Waals surface area contributed by atoms with Crippen LogP contribution < -0.4 is 4.74 Å². The molecule has 1 aromatic carbocycles. The minimum atomic E-state index is -2.17. The summed E-state index contributed by atoms with van der Waals surface area (Å²) in [6.45, 7) is 2.10. The summed E-state index contributed by atoms with van der Waals surface area (Å²) < 4.78 is 11.1. The normalized spacial score (nSPS) is 25.9. The van der Waals surface area contributed by atoms with Gasteiger partial charge in [0.1, 0.15) is 5.75 Å². The molecule has 1 heterocycles. The predicted octanol–water partition coefficient (Wildman–Crippen LogP) is 3.41. The molecule has 0 aromatic heterocycles. The van der Waals surface area contributed by atoms with E-state index in [-0.39, 0.29) is 30.6 Å². The first kappa shape index (κ1) is 21.0. The minimum Gasteiger partial charge on any atom is -0.479 e. The van der Waals surface area contributed by atoms with E-state index in [0.717, 1.165) is 5.56 Å². The number of fused-ring (bicyclic) bond motifs is 1. The van der Waals surface area contributed by atoms with Gasteiger partial charge in [-0.3, -0.25) is 4.79 Å². The smallest absolute Gasteiger partial charge is 0.342 e. The molecule has 29 heavy (non-hydrogen) atoms. The van der Waals surface area contributed by atoms with Crippen LogP contribution in [0.5, 0.6) is 5.75 Å². The fourth-order valence-corrected chi connectivity index (χ4v) is 3.62. The van der Waals surface area contributed by atoms with E-state index in [2.05, 4.69) is 0 Å². The Morgan fingerprint density at radius 2 is 2.10 bits per heavy atom. The van der Waals surface area contributed by atoms with E-state index < -0.39 is 17.9 Å². The van der Waals surface area contributed by atoms with Crippen LogP contribution >= 0.6 is 0 Å². The van der Waals surface area contributed by atoms with E-state index in [1.54, 1.807) is 24.3 Å². The lowest BCUT2D eigenvalue weighted by atomic mass is 9.90. The maximum Gasteiger partial charge on any atom is 0.342 e. The van der Waals surface area contributed by atoms with Crippen molar-refractivity contribution < 1.29 is 29.3 Å². The molecular weight excluding hydrogens is 372 g/mol. The van der Waals surface area contributed by atoms with Crippen LogP contribution in [0.2, 0.25) is 0 Å².